The van der Waals surface area contributed by atoms with Gasteiger partial charge in [0, 0.05) is 21.0 Å². The molecule has 0 bridgehead atoms. The maximum Gasteiger partial charge on any atom is 0.269 e. The molecule has 0 aliphatic rings. The van der Waals surface area contributed by atoms with E-state index in [1.807, 2.05) is 47.8 Å². The van der Waals surface area contributed by atoms with E-state index >= 15 is 0 Å². The minimum Gasteiger partial charge on any atom is -0.273 e. The summed E-state index contributed by atoms with van der Waals surface area (Å²) in [5, 5.41) is 2.59. The van der Waals surface area contributed by atoms with Crippen LogP contribution in [-0.4, -0.2) is 10.9 Å². The van der Waals surface area contributed by atoms with Gasteiger partial charge in [-0.3, -0.25) is 15.6 Å². The highest BCUT2D eigenvalue weighted by molar-refractivity contribution is 9.10. The zero-order valence-electron chi connectivity index (χ0n) is 11.4. The van der Waals surface area contributed by atoms with Crippen molar-refractivity contribution in [2.45, 2.75) is 0 Å². The van der Waals surface area contributed by atoms with Crippen molar-refractivity contribution in [3.8, 4) is 11.3 Å². The number of halogens is 1. The minimum absolute atomic E-state index is 0.210. The van der Waals surface area contributed by atoms with Crippen LogP contribution >= 0.6 is 27.3 Å². The Hall–Kier alpha value is -2.18. The lowest BCUT2D eigenvalue weighted by Crippen LogP contribution is -2.29. The van der Waals surface area contributed by atoms with Crippen molar-refractivity contribution in [2.75, 3.05) is 5.43 Å². The number of hydrogen-bond donors (Lipinski definition) is 2. The third-order valence-corrected chi connectivity index (χ3v) is 4.19. The number of hydrogen-bond acceptors (Lipinski definition) is 4. The van der Waals surface area contributed by atoms with Gasteiger partial charge in [-0.25, -0.2) is 4.98 Å². The molecule has 3 aromatic rings. The molecule has 1 aromatic heterocycles. The van der Waals surface area contributed by atoms with Crippen molar-refractivity contribution in [1.82, 2.24) is 10.4 Å². The van der Waals surface area contributed by atoms with Crippen LogP contribution in [0.5, 0.6) is 0 Å². The lowest BCUT2D eigenvalue weighted by atomic mass is 10.2. The molecule has 0 aliphatic heterocycles. The summed E-state index contributed by atoms with van der Waals surface area (Å²) in [6.45, 7) is 0. The lowest BCUT2D eigenvalue weighted by molar-refractivity contribution is 0.0962. The average molecular weight is 374 g/mol. The summed E-state index contributed by atoms with van der Waals surface area (Å²) < 4.78 is 0.862. The molecule has 6 heteroatoms. The summed E-state index contributed by atoms with van der Waals surface area (Å²) in [5.41, 5.74) is 7.99. The van der Waals surface area contributed by atoms with Gasteiger partial charge in [0.05, 0.1) is 5.69 Å². The van der Waals surface area contributed by atoms with Gasteiger partial charge in [0.15, 0.2) is 0 Å². The van der Waals surface area contributed by atoms with Crippen molar-refractivity contribution >= 4 is 38.3 Å². The maximum absolute atomic E-state index is 12.0. The van der Waals surface area contributed by atoms with Gasteiger partial charge >= 0.3 is 0 Å². The molecule has 0 atom stereocenters. The molecule has 0 unspecified atom stereocenters. The summed E-state index contributed by atoms with van der Waals surface area (Å²) in [7, 11) is 0. The van der Waals surface area contributed by atoms with E-state index in [0.29, 0.717) is 10.7 Å². The lowest BCUT2D eigenvalue weighted by Gasteiger charge is -2.05. The Morgan fingerprint density at radius 1 is 1.09 bits per heavy atom. The maximum atomic E-state index is 12.0. The molecule has 3 rings (SSSR count). The van der Waals surface area contributed by atoms with Crippen LogP contribution in [0.25, 0.3) is 11.3 Å². The Kier molecular flexibility index (Phi) is 4.50. The second-order valence-electron chi connectivity index (χ2n) is 4.49. The summed E-state index contributed by atoms with van der Waals surface area (Å²) in [6.07, 6.45) is 0. The standard InChI is InChI=1S/C16H12BrN3OS/c17-13-8-4-7-12(9-13)15(21)19-20-16-18-14(10-22-16)11-5-2-1-3-6-11/h1-10H,(H,18,20)(H,19,21). The zero-order valence-corrected chi connectivity index (χ0v) is 13.8. The predicted octanol–water partition coefficient (Wildman–Crippen LogP) is 4.33. The average Bonchev–Trinajstić information content (AvgIpc) is 3.02. The first-order chi connectivity index (χ1) is 10.7. The van der Waals surface area contributed by atoms with Crippen LogP contribution < -0.4 is 10.9 Å². The van der Waals surface area contributed by atoms with Gasteiger partial charge in [0.25, 0.3) is 5.91 Å². The molecule has 1 amide bonds. The number of carbonyl (C=O) groups excluding carboxylic acids is 1. The van der Waals surface area contributed by atoms with Crippen LogP contribution in [-0.2, 0) is 0 Å². The molecule has 0 spiro atoms. The number of benzene rings is 2. The Morgan fingerprint density at radius 2 is 1.91 bits per heavy atom. The molecule has 0 radical (unpaired) electrons. The third-order valence-electron chi connectivity index (χ3n) is 2.94. The number of amides is 1. The molecule has 0 saturated carbocycles. The van der Waals surface area contributed by atoms with Crippen molar-refractivity contribution in [3.63, 3.8) is 0 Å². The van der Waals surface area contributed by atoms with E-state index in [2.05, 4.69) is 31.8 Å². The van der Waals surface area contributed by atoms with Gasteiger partial charge in [-0.1, -0.05) is 52.3 Å². The van der Waals surface area contributed by atoms with Crippen LogP contribution in [0.2, 0.25) is 0 Å². The van der Waals surface area contributed by atoms with Gasteiger partial charge in [-0.05, 0) is 18.2 Å². The van der Waals surface area contributed by atoms with Crippen LogP contribution in [0.15, 0.2) is 64.5 Å². The fraction of sp³-hybridized carbons (Fsp3) is 0. The second kappa shape index (κ2) is 6.72. The molecule has 22 heavy (non-hydrogen) atoms. The Labute approximate surface area is 140 Å². The van der Waals surface area contributed by atoms with Crippen molar-refractivity contribution < 1.29 is 4.79 Å². The number of rotatable bonds is 4. The number of nitrogens with one attached hydrogen (secondary N) is 2. The van der Waals surface area contributed by atoms with Gasteiger partial charge < -0.3 is 0 Å². The van der Waals surface area contributed by atoms with E-state index < -0.39 is 0 Å². The summed E-state index contributed by atoms with van der Waals surface area (Å²) in [5.74, 6) is -0.210. The SMILES string of the molecule is O=C(NNc1nc(-c2ccccc2)cs1)c1cccc(Br)c1. The fourth-order valence-corrected chi connectivity index (χ4v) is 2.96. The summed E-state index contributed by atoms with van der Waals surface area (Å²) >= 11 is 4.78. The van der Waals surface area contributed by atoms with Gasteiger partial charge in [0.1, 0.15) is 0 Å². The molecule has 0 fully saturated rings. The van der Waals surface area contributed by atoms with Crippen molar-refractivity contribution in [1.29, 1.82) is 0 Å². The molecule has 110 valence electrons. The molecule has 0 aliphatic carbocycles. The largest absolute Gasteiger partial charge is 0.273 e. The molecule has 1 heterocycles. The van der Waals surface area contributed by atoms with Crippen LogP contribution in [0.4, 0.5) is 5.13 Å². The zero-order chi connectivity index (χ0) is 15.4. The molecular formula is C16H12BrN3OS. The first-order valence-corrected chi connectivity index (χ1v) is 8.22. The van der Waals surface area contributed by atoms with Crippen LogP contribution in [0, 0.1) is 0 Å². The Bertz CT molecular complexity index is 789. The van der Waals surface area contributed by atoms with Crippen LogP contribution in [0.1, 0.15) is 10.4 Å². The quantitative estimate of drug-likeness (QED) is 0.669. The molecule has 4 nitrogen and oxygen atoms in total. The molecule has 2 aromatic carbocycles. The van der Waals surface area contributed by atoms with Crippen molar-refractivity contribution in [2.24, 2.45) is 0 Å². The number of anilines is 1. The Balaban J connectivity index is 1.65. The van der Waals surface area contributed by atoms with Crippen molar-refractivity contribution in [3.05, 3.63) is 70.0 Å². The summed E-state index contributed by atoms with van der Waals surface area (Å²) in [6, 6.07) is 17.1. The number of carbonyl (C=O) groups is 1. The minimum atomic E-state index is -0.210. The van der Waals surface area contributed by atoms with E-state index in [4.69, 9.17) is 0 Å². The van der Waals surface area contributed by atoms with E-state index in [9.17, 15) is 4.79 Å². The van der Waals surface area contributed by atoms with E-state index in [-0.39, 0.29) is 5.91 Å². The fourth-order valence-electron chi connectivity index (χ4n) is 1.88. The smallest absolute Gasteiger partial charge is 0.269 e. The highest BCUT2D eigenvalue weighted by atomic mass is 79.9. The van der Waals surface area contributed by atoms with Gasteiger partial charge in [-0.2, -0.15) is 0 Å². The normalized spacial score (nSPS) is 10.2. The highest BCUT2D eigenvalue weighted by Gasteiger charge is 2.07. The van der Waals surface area contributed by atoms with E-state index in [1.165, 1.54) is 11.3 Å². The molecule has 0 saturated heterocycles. The highest BCUT2D eigenvalue weighted by Crippen LogP contribution is 2.24. The van der Waals surface area contributed by atoms with Gasteiger partial charge in [0.2, 0.25) is 5.13 Å². The van der Waals surface area contributed by atoms with Gasteiger partial charge in [-0.15, -0.1) is 11.3 Å². The topological polar surface area (TPSA) is 54.0 Å². The monoisotopic (exact) mass is 373 g/mol. The number of hydrazine groups is 1. The number of nitrogens with zero attached hydrogens (tertiary/aromatic N) is 1. The first-order valence-electron chi connectivity index (χ1n) is 6.55. The number of thiazole rings is 1. The van der Waals surface area contributed by atoms with E-state index in [0.717, 1.165) is 15.7 Å². The molecule has 2 N–H and O–H groups in total. The van der Waals surface area contributed by atoms with E-state index in [1.54, 1.807) is 12.1 Å². The molecular weight excluding hydrogens is 362 g/mol. The van der Waals surface area contributed by atoms with Crippen LogP contribution in [0.3, 0.4) is 0 Å². The first kappa shape index (κ1) is 14.7. The second-order valence-corrected chi connectivity index (χ2v) is 6.27. The Morgan fingerprint density at radius 3 is 2.68 bits per heavy atom. The third kappa shape index (κ3) is 3.52. The number of aromatic nitrogens is 1. The summed E-state index contributed by atoms with van der Waals surface area (Å²) in [4.78, 5) is 16.5. The predicted molar refractivity (Wildman–Crippen MR) is 92.8 cm³/mol.